The SMILES string of the molecule is NC(=S)N/N=C/c1ccco1. The van der Waals surface area contributed by atoms with E-state index in [1.54, 1.807) is 18.4 Å². The van der Waals surface area contributed by atoms with Crippen LogP contribution in [0.5, 0.6) is 0 Å². The highest BCUT2D eigenvalue weighted by Crippen LogP contribution is 1.93. The summed E-state index contributed by atoms with van der Waals surface area (Å²) in [5.41, 5.74) is 7.51. The highest BCUT2D eigenvalue weighted by molar-refractivity contribution is 7.80. The van der Waals surface area contributed by atoms with E-state index in [1.165, 1.54) is 6.21 Å². The van der Waals surface area contributed by atoms with Gasteiger partial charge < -0.3 is 10.2 Å². The maximum Gasteiger partial charge on any atom is 0.184 e. The van der Waals surface area contributed by atoms with Gasteiger partial charge in [-0.25, -0.2) is 0 Å². The summed E-state index contributed by atoms with van der Waals surface area (Å²) in [5.74, 6) is 0.647. The van der Waals surface area contributed by atoms with Gasteiger partial charge in [-0.15, -0.1) is 0 Å². The van der Waals surface area contributed by atoms with Gasteiger partial charge in [-0.3, -0.25) is 5.43 Å². The summed E-state index contributed by atoms with van der Waals surface area (Å²) in [7, 11) is 0. The second kappa shape index (κ2) is 3.72. The Morgan fingerprint density at radius 3 is 3.18 bits per heavy atom. The van der Waals surface area contributed by atoms with Crippen molar-refractivity contribution in [1.29, 1.82) is 0 Å². The first-order valence-corrected chi connectivity index (χ1v) is 3.32. The van der Waals surface area contributed by atoms with Crippen LogP contribution in [0.2, 0.25) is 0 Å². The second-order valence-corrected chi connectivity index (χ2v) is 2.19. The number of nitrogens with two attached hydrogens (primary N) is 1. The molecular formula is C6H7N3OS. The summed E-state index contributed by atoms with van der Waals surface area (Å²) >= 11 is 4.51. The predicted octanol–water partition coefficient (Wildman–Crippen LogP) is 0.447. The Labute approximate surface area is 69.1 Å². The van der Waals surface area contributed by atoms with E-state index in [2.05, 4.69) is 22.7 Å². The summed E-state index contributed by atoms with van der Waals surface area (Å²) < 4.78 is 4.94. The van der Waals surface area contributed by atoms with Crippen molar-refractivity contribution in [3.05, 3.63) is 24.2 Å². The topological polar surface area (TPSA) is 63.5 Å². The Balaban J connectivity index is 2.43. The van der Waals surface area contributed by atoms with Gasteiger partial charge in [0, 0.05) is 0 Å². The Morgan fingerprint density at radius 2 is 2.64 bits per heavy atom. The van der Waals surface area contributed by atoms with Crippen molar-refractivity contribution in [3.8, 4) is 0 Å². The number of nitrogens with zero attached hydrogens (tertiary/aromatic N) is 1. The summed E-state index contributed by atoms with van der Waals surface area (Å²) in [4.78, 5) is 0. The lowest BCUT2D eigenvalue weighted by atomic mass is 10.5. The van der Waals surface area contributed by atoms with Gasteiger partial charge in [-0.2, -0.15) is 5.10 Å². The number of furan rings is 1. The van der Waals surface area contributed by atoms with E-state index in [-0.39, 0.29) is 5.11 Å². The van der Waals surface area contributed by atoms with Crippen molar-refractivity contribution >= 4 is 23.5 Å². The van der Waals surface area contributed by atoms with Crippen LogP contribution in [0.15, 0.2) is 27.9 Å². The molecule has 5 heteroatoms. The number of hydrogen-bond donors (Lipinski definition) is 2. The summed E-state index contributed by atoms with van der Waals surface area (Å²) in [6.45, 7) is 0. The van der Waals surface area contributed by atoms with E-state index in [9.17, 15) is 0 Å². The molecule has 3 N–H and O–H groups in total. The van der Waals surface area contributed by atoms with Gasteiger partial charge in [0.05, 0.1) is 12.5 Å². The van der Waals surface area contributed by atoms with E-state index >= 15 is 0 Å². The quantitative estimate of drug-likeness (QED) is 0.383. The molecule has 0 spiro atoms. The molecular weight excluding hydrogens is 162 g/mol. The van der Waals surface area contributed by atoms with E-state index in [0.29, 0.717) is 5.76 Å². The maximum absolute atomic E-state index is 5.11. The van der Waals surface area contributed by atoms with Crippen LogP contribution in [0.3, 0.4) is 0 Å². The Kier molecular flexibility index (Phi) is 2.62. The van der Waals surface area contributed by atoms with Crippen molar-refractivity contribution in [2.24, 2.45) is 10.8 Å². The first-order chi connectivity index (χ1) is 5.29. The molecule has 1 rings (SSSR count). The van der Waals surface area contributed by atoms with Crippen LogP contribution in [-0.4, -0.2) is 11.3 Å². The molecule has 1 heterocycles. The number of thiocarbonyl (C=S) groups is 1. The van der Waals surface area contributed by atoms with E-state index in [0.717, 1.165) is 0 Å². The molecule has 0 aliphatic heterocycles. The van der Waals surface area contributed by atoms with Crippen molar-refractivity contribution < 1.29 is 4.42 Å². The minimum absolute atomic E-state index is 0.132. The molecule has 0 amide bonds. The van der Waals surface area contributed by atoms with Gasteiger partial charge in [0.25, 0.3) is 0 Å². The normalized spacial score (nSPS) is 10.2. The van der Waals surface area contributed by atoms with Crippen molar-refractivity contribution in [2.75, 3.05) is 0 Å². The predicted molar refractivity (Wildman–Crippen MR) is 46.2 cm³/mol. The molecule has 11 heavy (non-hydrogen) atoms. The minimum atomic E-state index is 0.132. The van der Waals surface area contributed by atoms with Crippen molar-refractivity contribution in [3.63, 3.8) is 0 Å². The zero-order valence-electron chi connectivity index (χ0n) is 5.65. The van der Waals surface area contributed by atoms with Crippen LogP contribution in [-0.2, 0) is 0 Å². The molecule has 0 bridgehead atoms. The molecule has 0 radical (unpaired) electrons. The molecule has 0 unspecified atom stereocenters. The lowest BCUT2D eigenvalue weighted by molar-refractivity contribution is 0.560. The van der Waals surface area contributed by atoms with E-state index in [4.69, 9.17) is 10.2 Å². The molecule has 58 valence electrons. The Bertz CT molecular complexity index is 255. The monoisotopic (exact) mass is 169 g/mol. The van der Waals surface area contributed by atoms with Crippen LogP contribution in [0.1, 0.15) is 5.76 Å². The van der Waals surface area contributed by atoms with E-state index in [1.807, 2.05) is 0 Å². The average molecular weight is 169 g/mol. The fourth-order valence-corrected chi connectivity index (χ4v) is 0.577. The number of hydrazone groups is 1. The minimum Gasteiger partial charge on any atom is -0.463 e. The Hall–Kier alpha value is -1.36. The smallest absolute Gasteiger partial charge is 0.184 e. The molecule has 0 aliphatic carbocycles. The fourth-order valence-electron chi connectivity index (χ4n) is 0.524. The molecule has 0 aliphatic rings. The largest absolute Gasteiger partial charge is 0.463 e. The van der Waals surface area contributed by atoms with Crippen LogP contribution >= 0.6 is 12.2 Å². The molecule has 0 fully saturated rings. The first kappa shape index (κ1) is 7.74. The number of nitrogens with one attached hydrogen (secondary N) is 1. The van der Waals surface area contributed by atoms with Crippen molar-refractivity contribution in [1.82, 2.24) is 5.43 Å². The standard InChI is InChI=1S/C6H7N3OS/c7-6(11)9-8-4-5-2-1-3-10-5/h1-4H,(H3,7,9,11)/b8-4+. The molecule has 1 aromatic heterocycles. The van der Waals surface area contributed by atoms with Gasteiger partial charge in [-0.1, -0.05) is 0 Å². The molecule has 0 atom stereocenters. The lowest BCUT2D eigenvalue weighted by Crippen LogP contribution is -2.23. The van der Waals surface area contributed by atoms with Crippen LogP contribution in [0, 0.1) is 0 Å². The lowest BCUT2D eigenvalue weighted by Gasteiger charge is -1.90. The van der Waals surface area contributed by atoms with Gasteiger partial charge >= 0.3 is 0 Å². The summed E-state index contributed by atoms with van der Waals surface area (Å²) in [6, 6.07) is 3.53. The highest BCUT2D eigenvalue weighted by atomic mass is 32.1. The average Bonchev–Trinajstić information content (AvgIpc) is 2.39. The number of hydrogen-bond acceptors (Lipinski definition) is 3. The first-order valence-electron chi connectivity index (χ1n) is 2.91. The maximum atomic E-state index is 5.11. The molecule has 0 aromatic carbocycles. The van der Waals surface area contributed by atoms with Crippen molar-refractivity contribution in [2.45, 2.75) is 0 Å². The second-order valence-electron chi connectivity index (χ2n) is 1.75. The fraction of sp³-hybridized carbons (Fsp3) is 0. The van der Waals surface area contributed by atoms with Crippen LogP contribution in [0.25, 0.3) is 0 Å². The Morgan fingerprint density at radius 1 is 1.82 bits per heavy atom. The highest BCUT2D eigenvalue weighted by Gasteiger charge is 1.86. The van der Waals surface area contributed by atoms with Crippen LogP contribution in [0.4, 0.5) is 0 Å². The third-order valence-corrected chi connectivity index (χ3v) is 1.00. The zero-order valence-corrected chi connectivity index (χ0v) is 6.47. The zero-order chi connectivity index (χ0) is 8.10. The molecule has 0 saturated carbocycles. The third-order valence-electron chi connectivity index (χ3n) is 0.910. The molecule has 0 saturated heterocycles. The van der Waals surface area contributed by atoms with Gasteiger partial charge in [-0.05, 0) is 24.4 Å². The van der Waals surface area contributed by atoms with Gasteiger partial charge in [0.2, 0.25) is 0 Å². The summed E-state index contributed by atoms with van der Waals surface area (Å²) in [6.07, 6.45) is 3.04. The van der Waals surface area contributed by atoms with Gasteiger partial charge in [0.15, 0.2) is 5.11 Å². The summed E-state index contributed by atoms with van der Waals surface area (Å²) in [5, 5.41) is 3.81. The van der Waals surface area contributed by atoms with Crippen LogP contribution < -0.4 is 11.2 Å². The third kappa shape index (κ3) is 2.81. The molecule has 4 nitrogen and oxygen atoms in total. The van der Waals surface area contributed by atoms with Gasteiger partial charge in [0.1, 0.15) is 5.76 Å². The molecule has 1 aromatic rings. The number of rotatable bonds is 2. The van der Waals surface area contributed by atoms with E-state index < -0.39 is 0 Å².